The second kappa shape index (κ2) is 7.43. The number of alkyl halides is 1. The maximum absolute atomic E-state index is 12.2. The summed E-state index contributed by atoms with van der Waals surface area (Å²) in [4.78, 5) is 24.4. The lowest BCUT2D eigenvalue weighted by molar-refractivity contribution is -0.123. The molecule has 0 saturated carbocycles. The molecule has 0 aliphatic carbocycles. The average Bonchev–Trinajstić information content (AvgIpc) is 2.55. The van der Waals surface area contributed by atoms with Gasteiger partial charge >= 0.3 is 0 Å². The highest BCUT2D eigenvalue weighted by Gasteiger charge is 2.30. The smallest absolute Gasteiger partial charge is 0.198 e. The zero-order valence-corrected chi connectivity index (χ0v) is 13.3. The lowest BCUT2D eigenvalue weighted by Gasteiger charge is -2.16. The van der Waals surface area contributed by atoms with E-state index < -0.39 is 23.0 Å². The summed E-state index contributed by atoms with van der Waals surface area (Å²) in [5.41, 5.74) is 0.398. The molecule has 0 aliphatic rings. The van der Waals surface area contributed by atoms with Crippen LogP contribution in [0.4, 0.5) is 0 Å². The van der Waals surface area contributed by atoms with Crippen molar-refractivity contribution in [2.75, 3.05) is 0 Å². The molecular weight excluding hydrogens is 323 g/mol. The number of ketones is 2. The highest BCUT2D eigenvalue weighted by Crippen LogP contribution is 2.19. The SMILES string of the molecule is C[C@@H](Oc1ccc(Cl)cc1)C(=O)[C@@H](Cl)C(=O)c1ccccc1. The van der Waals surface area contributed by atoms with Crippen LogP contribution in [-0.4, -0.2) is 23.0 Å². The highest BCUT2D eigenvalue weighted by atomic mass is 35.5. The molecule has 114 valence electrons. The van der Waals surface area contributed by atoms with Gasteiger partial charge in [-0.2, -0.15) is 0 Å². The Morgan fingerprint density at radius 3 is 2.18 bits per heavy atom. The Bertz CT molecular complexity index is 653. The van der Waals surface area contributed by atoms with Crippen molar-refractivity contribution >= 4 is 34.8 Å². The molecule has 0 N–H and O–H groups in total. The molecule has 0 heterocycles. The number of Topliss-reactive ketones (excluding diaryl/α,β-unsaturated/α-hetero) is 2. The molecule has 0 radical (unpaired) electrons. The van der Waals surface area contributed by atoms with Gasteiger partial charge < -0.3 is 4.74 Å². The van der Waals surface area contributed by atoms with Gasteiger partial charge in [-0.3, -0.25) is 9.59 Å². The van der Waals surface area contributed by atoms with E-state index in [4.69, 9.17) is 27.9 Å². The van der Waals surface area contributed by atoms with Crippen LogP contribution < -0.4 is 4.74 Å². The molecule has 0 bridgehead atoms. The average molecular weight is 337 g/mol. The monoisotopic (exact) mass is 336 g/mol. The molecule has 3 nitrogen and oxygen atoms in total. The van der Waals surface area contributed by atoms with E-state index >= 15 is 0 Å². The Kier molecular flexibility index (Phi) is 5.58. The zero-order chi connectivity index (χ0) is 16.1. The minimum Gasteiger partial charge on any atom is -0.483 e. The van der Waals surface area contributed by atoms with Gasteiger partial charge in [-0.15, -0.1) is 11.6 Å². The standard InChI is InChI=1S/C17H14Cl2O3/c1-11(22-14-9-7-13(18)8-10-14)16(20)15(19)17(21)12-5-3-2-4-6-12/h2-11,15H,1H3/t11-,15-/m1/s1. The molecule has 0 fully saturated rings. The quantitative estimate of drug-likeness (QED) is 0.451. The van der Waals surface area contributed by atoms with Crippen molar-refractivity contribution in [1.29, 1.82) is 0 Å². The number of carbonyl (C=O) groups is 2. The first-order valence-electron chi connectivity index (χ1n) is 6.68. The molecular formula is C17H14Cl2O3. The van der Waals surface area contributed by atoms with E-state index in [9.17, 15) is 9.59 Å². The lowest BCUT2D eigenvalue weighted by atomic mass is 10.0. The fourth-order valence-corrected chi connectivity index (χ4v) is 2.29. The molecule has 0 aliphatic heterocycles. The Hall–Kier alpha value is -1.84. The number of hydrogen-bond donors (Lipinski definition) is 0. The molecule has 0 spiro atoms. The van der Waals surface area contributed by atoms with Gasteiger partial charge in [0.2, 0.25) is 0 Å². The van der Waals surface area contributed by atoms with Crippen LogP contribution in [0.15, 0.2) is 54.6 Å². The van der Waals surface area contributed by atoms with Gasteiger partial charge in [-0.25, -0.2) is 0 Å². The Balaban J connectivity index is 2.03. The number of ether oxygens (including phenoxy) is 1. The number of carbonyl (C=O) groups excluding carboxylic acids is 2. The molecule has 2 aromatic carbocycles. The second-order valence-electron chi connectivity index (χ2n) is 4.71. The van der Waals surface area contributed by atoms with Crippen molar-refractivity contribution in [1.82, 2.24) is 0 Å². The first-order valence-corrected chi connectivity index (χ1v) is 7.50. The fraction of sp³-hybridized carbons (Fsp3) is 0.176. The van der Waals surface area contributed by atoms with E-state index in [1.807, 2.05) is 0 Å². The summed E-state index contributed by atoms with van der Waals surface area (Å²) in [5, 5.41) is -0.703. The van der Waals surface area contributed by atoms with Crippen LogP contribution in [0.5, 0.6) is 5.75 Å². The van der Waals surface area contributed by atoms with Crippen molar-refractivity contribution in [3.8, 4) is 5.75 Å². The van der Waals surface area contributed by atoms with Crippen LogP contribution in [0, 0.1) is 0 Å². The third-order valence-electron chi connectivity index (χ3n) is 3.07. The van der Waals surface area contributed by atoms with Crippen LogP contribution in [0.1, 0.15) is 17.3 Å². The third kappa shape index (κ3) is 4.09. The predicted molar refractivity (Wildman–Crippen MR) is 87.0 cm³/mol. The summed E-state index contributed by atoms with van der Waals surface area (Å²) in [6.45, 7) is 1.56. The maximum atomic E-state index is 12.2. The van der Waals surface area contributed by atoms with Gasteiger partial charge in [0.15, 0.2) is 23.0 Å². The summed E-state index contributed by atoms with van der Waals surface area (Å²) in [5.74, 6) is -0.425. The first kappa shape index (κ1) is 16.5. The minimum atomic E-state index is -1.27. The number of benzene rings is 2. The number of halogens is 2. The summed E-state index contributed by atoms with van der Waals surface area (Å²) >= 11 is 11.8. The second-order valence-corrected chi connectivity index (χ2v) is 5.58. The molecule has 5 heteroatoms. The van der Waals surface area contributed by atoms with E-state index in [2.05, 4.69) is 0 Å². The summed E-state index contributed by atoms with van der Waals surface area (Å²) < 4.78 is 5.49. The largest absolute Gasteiger partial charge is 0.483 e. The summed E-state index contributed by atoms with van der Waals surface area (Å²) in [7, 11) is 0. The van der Waals surface area contributed by atoms with Crippen LogP contribution in [0.25, 0.3) is 0 Å². The minimum absolute atomic E-state index is 0.398. The molecule has 22 heavy (non-hydrogen) atoms. The van der Waals surface area contributed by atoms with Gasteiger partial charge in [-0.1, -0.05) is 41.9 Å². The van der Waals surface area contributed by atoms with Crippen LogP contribution in [0.3, 0.4) is 0 Å². The Labute approximate surface area is 138 Å². The first-order chi connectivity index (χ1) is 10.5. The van der Waals surface area contributed by atoms with Gasteiger partial charge in [-0.05, 0) is 31.2 Å². The van der Waals surface area contributed by atoms with Crippen molar-refractivity contribution in [2.45, 2.75) is 18.4 Å². The third-order valence-corrected chi connectivity index (χ3v) is 3.73. The van der Waals surface area contributed by atoms with Gasteiger partial charge in [0.1, 0.15) is 5.75 Å². The predicted octanol–water partition coefficient (Wildman–Crippen LogP) is 4.17. The molecule has 2 rings (SSSR count). The summed E-state index contributed by atoms with van der Waals surface area (Å²) in [6, 6.07) is 15.1. The lowest BCUT2D eigenvalue weighted by Crippen LogP contribution is -2.35. The maximum Gasteiger partial charge on any atom is 0.198 e. The fourth-order valence-electron chi connectivity index (χ4n) is 1.86. The van der Waals surface area contributed by atoms with E-state index in [1.165, 1.54) is 0 Å². The van der Waals surface area contributed by atoms with Crippen LogP contribution in [0.2, 0.25) is 5.02 Å². The molecule has 0 aromatic heterocycles. The molecule has 0 unspecified atom stereocenters. The van der Waals surface area contributed by atoms with E-state index in [0.717, 1.165) is 0 Å². The molecule has 2 aromatic rings. The van der Waals surface area contributed by atoms with Gasteiger partial charge in [0.25, 0.3) is 0 Å². The van der Waals surface area contributed by atoms with Crippen LogP contribution in [-0.2, 0) is 4.79 Å². The van der Waals surface area contributed by atoms with Gasteiger partial charge in [0, 0.05) is 10.6 Å². The Morgan fingerprint density at radius 1 is 1.00 bits per heavy atom. The van der Waals surface area contributed by atoms with Crippen molar-refractivity contribution in [3.05, 3.63) is 65.2 Å². The van der Waals surface area contributed by atoms with Gasteiger partial charge in [0.05, 0.1) is 0 Å². The van der Waals surface area contributed by atoms with Crippen LogP contribution >= 0.6 is 23.2 Å². The molecule has 0 saturated heterocycles. The normalized spacial score (nSPS) is 13.2. The topological polar surface area (TPSA) is 43.4 Å². The number of hydrogen-bond acceptors (Lipinski definition) is 3. The molecule has 0 amide bonds. The van der Waals surface area contributed by atoms with Crippen molar-refractivity contribution in [3.63, 3.8) is 0 Å². The molecule has 2 atom stereocenters. The summed E-state index contributed by atoms with van der Waals surface area (Å²) in [6.07, 6.45) is -0.837. The highest BCUT2D eigenvalue weighted by molar-refractivity contribution is 6.44. The van der Waals surface area contributed by atoms with Crippen molar-refractivity contribution in [2.24, 2.45) is 0 Å². The van der Waals surface area contributed by atoms with E-state index in [1.54, 1.807) is 61.5 Å². The van der Waals surface area contributed by atoms with E-state index in [-0.39, 0.29) is 0 Å². The number of rotatable bonds is 6. The van der Waals surface area contributed by atoms with E-state index in [0.29, 0.717) is 16.3 Å². The van der Waals surface area contributed by atoms with Crippen molar-refractivity contribution < 1.29 is 14.3 Å². The Morgan fingerprint density at radius 2 is 1.59 bits per heavy atom. The zero-order valence-electron chi connectivity index (χ0n) is 11.8.